The second-order valence-electron chi connectivity index (χ2n) is 11.4. The summed E-state index contributed by atoms with van der Waals surface area (Å²) in [5.41, 5.74) is -1.23. The van der Waals surface area contributed by atoms with Crippen LogP contribution in [-0.4, -0.2) is 47.8 Å². The molecule has 0 radical (unpaired) electrons. The van der Waals surface area contributed by atoms with E-state index in [9.17, 15) is 27.6 Å². The summed E-state index contributed by atoms with van der Waals surface area (Å²) in [4.78, 5) is 42.7. The minimum atomic E-state index is -4.71. The van der Waals surface area contributed by atoms with Crippen molar-refractivity contribution >= 4 is 23.4 Å². The average Bonchev–Trinajstić information content (AvgIpc) is 3.34. The van der Waals surface area contributed by atoms with Gasteiger partial charge in [0, 0.05) is 37.3 Å². The first-order valence-corrected chi connectivity index (χ1v) is 14.1. The van der Waals surface area contributed by atoms with Gasteiger partial charge in [-0.25, -0.2) is 0 Å². The summed E-state index contributed by atoms with van der Waals surface area (Å²) >= 11 is 0. The topological polar surface area (TPSA) is 69.7 Å². The minimum Gasteiger partial charge on any atom is -0.354 e. The zero-order valence-corrected chi connectivity index (χ0v) is 22.8. The molecule has 1 heterocycles. The van der Waals surface area contributed by atoms with Crippen LogP contribution in [0.1, 0.15) is 106 Å². The van der Waals surface area contributed by atoms with Crippen LogP contribution < -0.4 is 10.2 Å². The molecule has 2 aliphatic carbocycles. The molecule has 0 saturated heterocycles. The summed E-state index contributed by atoms with van der Waals surface area (Å²) in [5, 5.41) is 2.77. The molecule has 1 aromatic carbocycles. The lowest BCUT2D eigenvalue weighted by Crippen LogP contribution is -2.51. The molecule has 3 aliphatic rings. The predicted molar refractivity (Wildman–Crippen MR) is 140 cm³/mol. The molecule has 0 unspecified atom stereocenters. The van der Waals surface area contributed by atoms with Crippen molar-refractivity contribution in [2.75, 3.05) is 18.0 Å². The van der Waals surface area contributed by atoms with Crippen LogP contribution in [0.2, 0.25) is 0 Å². The van der Waals surface area contributed by atoms with E-state index < -0.39 is 28.6 Å². The molecule has 2 saturated carbocycles. The molecule has 0 atom stereocenters. The highest BCUT2D eigenvalue weighted by Crippen LogP contribution is 2.49. The first-order valence-electron chi connectivity index (χ1n) is 14.1. The Morgan fingerprint density at radius 1 is 1.11 bits per heavy atom. The van der Waals surface area contributed by atoms with Gasteiger partial charge in [0.15, 0.2) is 0 Å². The van der Waals surface area contributed by atoms with Crippen LogP contribution in [0.5, 0.6) is 0 Å². The smallest absolute Gasteiger partial charge is 0.354 e. The molecule has 0 bridgehead atoms. The van der Waals surface area contributed by atoms with Crippen LogP contribution in [0.25, 0.3) is 0 Å². The largest absolute Gasteiger partial charge is 0.417 e. The van der Waals surface area contributed by atoms with Gasteiger partial charge >= 0.3 is 6.18 Å². The maximum absolute atomic E-state index is 14.5. The van der Waals surface area contributed by atoms with Gasteiger partial charge in [0.25, 0.3) is 5.91 Å². The van der Waals surface area contributed by atoms with Crippen LogP contribution >= 0.6 is 0 Å². The standard InChI is InChI=1S/C29H40F3N3O3/c1-4-25(36)33-14-15-34-24-17-22(26(37)35(19(2)3)21-10-6-5-7-11-21)23(29(30,31)32)16-20(24)18-28(27(34)38)12-8-9-13-28/h16-17,19,21H,4-15,18H2,1-3H3,(H,33,36). The quantitative estimate of drug-likeness (QED) is 0.475. The third kappa shape index (κ3) is 5.57. The predicted octanol–water partition coefficient (Wildman–Crippen LogP) is 5.86. The van der Waals surface area contributed by atoms with Gasteiger partial charge in [0.05, 0.1) is 16.5 Å². The van der Waals surface area contributed by atoms with Gasteiger partial charge in [-0.1, -0.05) is 39.0 Å². The van der Waals surface area contributed by atoms with E-state index in [0.717, 1.165) is 51.0 Å². The van der Waals surface area contributed by atoms with E-state index >= 15 is 0 Å². The Kier molecular flexibility index (Phi) is 8.43. The molecule has 210 valence electrons. The summed E-state index contributed by atoms with van der Waals surface area (Å²) in [6.07, 6.45) is 3.33. The average molecular weight is 536 g/mol. The molecule has 0 aromatic heterocycles. The number of hydrogen-bond donors (Lipinski definition) is 1. The number of carbonyl (C=O) groups excluding carboxylic acids is 3. The van der Waals surface area contributed by atoms with Crippen molar-refractivity contribution in [2.45, 2.75) is 110 Å². The Morgan fingerprint density at radius 2 is 1.76 bits per heavy atom. The van der Waals surface area contributed by atoms with Crippen molar-refractivity contribution in [1.82, 2.24) is 10.2 Å². The fourth-order valence-electron chi connectivity index (χ4n) is 6.69. The highest BCUT2D eigenvalue weighted by molar-refractivity contribution is 6.04. The lowest BCUT2D eigenvalue weighted by atomic mass is 9.74. The number of nitrogens with zero attached hydrogens (tertiary/aromatic N) is 2. The van der Waals surface area contributed by atoms with Gasteiger partial charge in [-0.3, -0.25) is 14.4 Å². The molecule has 1 N–H and O–H groups in total. The highest BCUT2D eigenvalue weighted by atomic mass is 19.4. The number of nitrogens with one attached hydrogen (secondary N) is 1. The van der Waals surface area contributed by atoms with Crippen LogP contribution in [0.15, 0.2) is 12.1 Å². The number of alkyl halides is 3. The van der Waals surface area contributed by atoms with Gasteiger partial charge < -0.3 is 15.1 Å². The molecule has 1 aliphatic heterocycles. The van der Waals surface area contributed by atoms with E-state index in [0.29, 0.717) is 30.5 Å². The number of rotatable bonds is 7. The Labute approximate surface area is 223 Å². The molecular formula is C29H40F3N3O3. The molecule has 9 heteroatoms. The molecule has 4 rings (SSSR count). The SMILES string of the molecule is CCC(=O)NCCN1C(=O)C2(CCCC2)Cc2cc(C(F)(F)F)c(C(=O)N(C(C)C)C3CCCCC3)cc21. The van der Waals surface area contributed by atoms with Crippen molar-refractivity contribution < 1.29 is 27.6 Å². The van der Waals surface area contributed by atoms with E-state index in [1.807, 2.05) is 13.8 Å². The Bertz CT molecular complexity index is 1060. The minimum absolute atomic E-state index is 0.0999. The normalized spacial score (nSPS) is 19.7. The second kappa shape index (κ2) is 11.3. The highest BCUT2D eigenvalue weighted by Gasteiger charge is 2.49. The summed E-state index contributed by atoms with van der Waals surface area (Å²) in [7, 11) is 0. The van der Waals surface area contributed by atoms with Crippen molar-refractivity contribution in [1.29, 1.82) is 0 Å². The van der Waals surface area contributed by atoms with Gasteiger partial charge in [-0.15, -0.1) is 0 Å². The lowest BCUT2D eigenvalue weighted by Gasteiger charge is -2.42. The third-order valence-electron chi connectivity index (χ3n) is 8.57. The molecule has 38 heavy (non-hydrogen) atoms. The maximum atomic E-state index is 14.5. The monoisotopic (exact) mass is 535 g/mol. The molecule has 2 fully saturated rings. The molecule has 1 spiro atoms. The van der Waals surface area contributed by atoms with Gasteiger partial charge in [0.1, 0.15) is 0 Å². The van der Waals surface area contributed by atoms with Crippen molar-refractivity contribution in [3.8, 4) is 0 Å². The first-order chi connectivity index (χ1) is 18.0. The van der Waals surface area contributed by atoms with Crippen molar-refractivity contribution in [3.05, 3.63) is 28.8 Å². The maximum Gasteiger partial charge on any atom is 0.417 e. The number of anilines is 1. The van der Waals surface area contributed by atoms with E-state index in [-0.39, 0.29) is 43.4 Å². The van der Waals surface area contributed by atoms with Crippen LogP contribution in [-0.2, 0) is 22.2 Å². The number of carbonyl (C=O) groups is 3. The van der Waals surface area contributed by atoms with E-state index in [2.05, 4.69) is 5.32 Å². The van der Waals surface area contributed by atoms with Gasteiger partial charge in [-0.05, 0) is 63.6 Å². The lowest BCUT2D eigenvalue weighted by molar-refractivity contribution is -0.138. The summed E-state index contributed by atoms with van der Waals surface area (Å²) in [6, 6.07) is 2.06. The van der Waals surface area contributed by atoms with E-state index in [4.69, 9.17) is 0 Å². The third-order valence-corrected chi connectivity index (χ3v) is 8.57. The van der Waals surface area contributed by atoms with Gasteiger partial charge in [0.2, 0.25) is 11.8 Å². The first kappa shape index (κ1) is 28.4. The number of hydrogen-bond acceptors (Lipinski definition) is 3. The van der Waals surface area contributed by atoms with Crippen molar-refractivity contribution in [2.24, 2.45) is 5.41 Å². The Balaban J connectivity index is 1.79. The van der Waals surface area contributed by atoms with Gasteiger partial charge in [-0.2, -0.15) is 13.2 Å². The van der Waals surface area contributed by atoms with E-state index in [1.165, 1.54) is 11.0 Å². The Hall–Kier alpha value is -2.58. The number of benzene rings is 1. The summed E-state index contributed by atoms with van der Waals surface area (Å²) in [5.74, 6) is -0.900. The second-order valence-corrected chi connectivity index (χ2v) is 11.4. The number of halogens is 3. The summed E-state index contributed by atoms with van der Waals surface area (Å²) < 4.78 is 43.4. The molecule has 1 aromatic rings. The number of fused-ring (bicyclic) bond motifs is 1. The van der Waals surface area contributed by atoms with Crippen LogP contribution in [0, 0.1) is 5.41 Å². The molecule has 3 amide bonds. The van der Waals surface area contributed by atoms with E-state index in [1.54, 1.807) is 11.8 Å². The number of amides is 3. The Morgan fingerprint density at radius 3 is 2.34 bits per heavy atom. The van der Waals surface area contributed by atoms with Crippen molar-refractivity contribution in [3.63, 3.8) is 0 Å². The molecule has 6 nitrogen and oxygen atoms in total. The molecular weight excluding hydrogens is 495 g/mol. The van der Waals surface area contributed by atoms with Crippen LogP contribution in [0.4, 0.5) is 18.9 Å². The zero-order chi connectivity index (χ0) is 27.7. The fourth-order valence-corrected chi connectivity index (χ4v) is 6.69. The zero-order valence-electron chi connectivity index (χ0n) is 22.8. The fraction of sp³-hybridized carbons (Fsp3) is 0.690. The summed E-state index contributed by atoms with van der Waals surface area (Å²) in [6.45, 7) is 5.75. The van der Waals surface area contributed by atoms with Crippen LogP contribution in [0.3, 0.4) is 0 Å².